The molecule has 3 heteroatoms. The average Bonchev–Trinajstić information content (AvgIpc) is 2.43. The van der Waals surface area contributed by atoms with Gasteiger partial charge in [-0.1, -0.05) is 52.0 Å². The van der Waals surface area contributed by atoms with E-state index in [-0.39, 0.29) is 30.1 Å². The highest BCUT2D eigenvalue weighted by molar-refractivity contribution is 5.89. The van der Waals surface area contributed by atoms with Crippen LogP contribution in [0.15, 0.2) is 24.3 Å². The largest absolute Gasteiger partial charge is 0.348 e. The van der Waals surface area contributed by atoms with E-state index in [9.17, 15) is 9.59 Å². The van der Waals surface area contributed by atoms with Crippen molar-refractivity contribution in [3.05, 3.63) is 35.4 Å². The van der Waals surface area contributed by atoms with Crippen LogP contribution in [0.1, 0.15) is 51.7 Å². The third-order valence-electron chi connectivity index (χ3n) is 3.60. The van der Waals surface area contributed by atoms with Gasteiger partial charge in [0.15, 0.2) is 5.78 Å². The zero-order chi connectivity index (χ0) is 16.0. The normalized spacial score (nSPS) is 12.5. The molecule has 0 aromatic heterocycles. The summed E-state index contributed by atoms with van der Waals surface area (Å²) in [5.74, 6) is 0.302. The molecule has 0 radical (unpaired) electrons. The number of amides is 1. The van der Waals surface area contributed by atoms with E-state index < -0.39 is 0 Å². The Morgan fingerprint density at radius 2 is 1.57 bits per heavy atom. The molecule has 3 nitrogen and oxygen atoms in total. The van der Waals surface area contributed by atoms with Crippen molar-refractivity contribution in [1.29, 1.82) is 0 Å². The highest BCUT2D eigenvalue weighted by Gasteiger charge is 2.16. The van der Waals surface area contributed by atoms with E-state index in [0.717, 1.165) is 12.0 Å². The molecule has 1 rings (SSSR count). The van der Waals surface area contributed by atoms with Crippen molar-refractivity contribution in [2.24, 2.45) is 11.8 Å². The lowest BCUT2D eigenvalue weighted by Gasteiger charge is -2.14. The molecule has 0 aliphatic carbocycles. The maximum Gasteiger partial charge on any atom is 0.227 e. The van der Waals surface area contributed by atoms with Crippen LogP contribution in [-0.4, -0.2) is 18.2 Å². The van der Waals surface area contributed by atoms with Crippen molar-refractivity contribution >= 4 is 11.7 Å². The predicted octanol–water partition coefficient (Wildman–Crippen LogP) is 3.33. The fourth-order valence-corrected chi connectivity index (χ4v) is 2.10. The van der Waals surface area contributed by atoms with Crippen LogP contribution < -0.4 is 5.32 Å². The Hall–Kier alpha value is -1.64. The van der Waals surface area contributed by atoms with Crippen LogP contribution in [0, 0.1) is 11.8 Å². The monoisotopic (exact) mass is 289 g/mol. The summed E-state index contributed by atoms with van der Waals surface area (Å²) in [7, 11) is 0. The highest BCUT2D eigenvalue weighted by Crippen LogP contribution is 2.17. The number of ketones is 1. The number of carbonyl (C=O) groups is 2. The Kier molecular flexibility index (Phi) is 6.60. The maximum absolute atomic E-state index is 12.1. The van der Waals surface area contributed by atoms with Crippen molar-refractivity contribution in [1.82, 2.24) is 5.32 Å². The van der Waals surface area contributed by atoms with E-state index in [1.165, 1.54) is 5.56 Å². The van der Waals surface area contributed by atoms with Gasteiger partial charge in [0.05, 0.1) is 12.5 Å². The summed E-state index contributed by atoms with van der Waals surface area (Å²) in [6.45, 7) is 10.0. The molecule has 1 atom stereocenters. The molecule has 116 valence electrons. The van der Waals surface area contributed by atoms with Gasteiger partial charge in [-0.15, -0.1) is 0 Å². The van der Waals surface area contributed by atoms with E-state index in [1.54, 1.807) is 0 Å². The molecule has 1 aromatic rings. The van der Waals surface area contributed by atoms with Gasteiger partial charge >= 0.3 is 0 Å². The average molecular weight is 289 g/mol. The van der Waals surface area contributed by atoms with E-state index in [4.69, 9.17) is 0 Å². The van der Waals surface area contributed by atoms with E-state index in [1.807, 2.05) is 32.9 Å². The zero-order valence-electron chi connectivity index (χ0n) is 13.8. The lowest BCUT2D eigenvalue weighted by atomic mass is 9.96. The van der Waals surface area contributed by atoms with Crippen LogP contribution >= 0.6 is 0 Å². The molecule has 0 aliphatic rings. The van der Waals surface area contributed by atoms with Gasteiger partial charge < -0.3 is 5.32 Å². The third kappa shape index (κ3) is 5.70. The van der Waals surface area contributed by atoms with E-state index in [0.29, 0.717) is 5.92 Å². The van der Waals surface area contributed by atoms with Gasteiger partial charge in [-0.25, -0.2) is 0 Å². The second kappa shape index (κ2) is 7.96. The van der Waals surface area contributed by atoms with Crippen molar-refractivity contribution < 1.29 is 9.59 Å². The Morgan fingerprint density at radius 1 is 1.00 bits per heavy atom. The van der Waals surface area contributed by atoms with Crippen LogP contribution in [-0.2, 0) is 16.0 Å². The van der Waals surface area contributed by atoms with Crippen molar-refractivity contribution in [3.63, 3.8) is 0 Å². The quantitative estimate of drug-likeness (QED) is 0.837. The van der Waals surface area contributed by atoms with Crippen LogP contribution in [0.2, 0.25) is 0 Å². The molecule has 1 aromatic carbocycles. The van der Waals surface area contributed by atoms with Crippen LogP contribution in [0.5, 0.6) is 0 Å². The number of Topliss-reactive ketones (excluding diaryl/α,β-unsaturated/α-hetero) is 1. The lowest BCUT2D eigenvalue weighted by molar-refractivity contribution is -0.127. The molecule has 0 spiro atoms. The van der Waals surface area contributed by atoms with Crippen LogP contribution in [0.4, 0.5) is 0 Å². The number of nitrogens with one attached hydrogen (secondary N) is 1. The fourth-order valence-electron chi connectivity index (χ4n) is 2.10. The standard InChI is InChI=1S/C18H27NO2/c1-12(2)10-15-6-8-16(9-7-15)14(5)18(21)19-11-17(20)13(3)4/h6-9,12-14H,10-11H2,1-5H3,(H,19,21)/t14-/m0/s1. The number of hydrogen-bond acceptors (Lipinski definition) is 2. The first-order chi connectivity index (χ1) is 9.81. The SMILES string of the molecule is CC(C)Cc1ccc([C@H](C)C(=O)NCC(=O)C(C)C)cc1. The van der Waals surface area contributed by atoms with Crippen LogP contribution in [0.25, 0.3) is 0 Å². The van der Waals surface area contributed by atoms with Crippen molar-refractivity contribution in [3.8, 4) is 0 Å². The van der Waals surface area contributed by atoms with E-state index in [2.05, 4.69) is 31.3 Å². The minimum absolute atomic E-state index is 0.0454. The van der Waals surface area contributed by atoms with Gasteiger partial charge in [-0.05, 0) is 30.4 Å². The molecule has 1 N–H and O–H groups in total. The molecular formula is C18H27NO2. The molecule has 0 bridgehead atoms. The number of rotatable bonds is 7. The second-order valence-corrected chi connectivity index (χ2v) is 6.40. The minimum Gasteiger partial charge on any atom is -0.348 e. The van der Waals surface area contributed by atoms with Gasteiger partial charge in [0.1, 0.15) is 0 Å². The van der Waals surface area contributed by atoms with Crippen molar-refractivity contribution in [2.45, 2.75) is 47.0 Å². The highest BCUT2D eigenvalue weighted by atomic mass is 16.2. The smallest absolute Gasteiger partial charge is 0.227 e. The summed E-state index contributed by atoms with van der Waals surface area (Å²) in [5.41, 5.74) is 2.27. The number of hydrogen-bond donors (Lipinski definition) is 1. The lowest BCUT2D eigenvalue weighted by Crippen LogP contribution is -2.34. The van der Waals surface area contributed by atoms with E-state index >= 15 is 0 Å². The number of benzene rings is 1. The van der Waals surface area contributed by atoms with Crippen molar-refractivity contribution in [2.75, 3.05) is 6.54 Å². The Bertz CT molecular complexity index is 474. The van der Waals surface area contributed by atoms with Gasteiger partial charge in [0.2, 0.25) is 5.91 Å². The Morgan fingerprint density at radius 3 is 2.05 bits per heavy atom. The summed E-state index contributed by atoms with van der Waals surface area (Å²) < 4.78 is 0. The molecule has 0 heterocycles. The molecule has 0 unspecified atom stereocenters. The summed E-state index contributed by atoms with van der Waals surface area (Å²) in [6.07, 6.45) is 1.05. The first kappa shape index (κ1) is 17.4. The second-order valence-electron chi connectivity index (χ2n) is 6.40. The minimum atomic E-state index is -0.238. The number of carbonyl (C=O) groups excluding carboxylic acids is 2. The Labute approximate surface area is 128 Å². The van der Waals surface area contributed by atoms with Gasteiger partial charge in [0.25, 0.3) is 0 Å². The summed E-state index contributed by atoms with van der Waals surface area (Å²) in [5, 5.41) is 2.72. The molecule has 21 heavy (non-hydrogen) atoms. The van der Waals surface area contributed by atoms with Crippen LogP contribution in [0.3, 0.4) is 0 Å². The summed E-state index contributed by atoms with van der Waals surface area (Å²) in [6, 6.07) is 8.18. The summed E-state index contributed by atoms with van der Waals surface area (Å²) in [4.78, 5) is 23.6. The van der Waals surface area contributed by atoms with Gasteiger partial charge in [0, 0.05) is 5.92 Å². The first-order valence-corrected chi connectivity index (χ1v) is 7.70. The van der Waals surface area contributed by atoms with Gasteiger partial charge in [-0.2, -0.15) is 0 Å². The third-order valence-corrected chi connectivity index (χ3v) is 3.60. The molecule has 0 saturated heterocycles. The molecule has 1 amide bonds. The fraction of sp³-hybridized carbons (Fsp3) is 0.556. The predicted molar refractivity (Wildman–Crippen MR) is 86.3 cm³/mol. The molecule has 0 saturated carbocycles. The molecular weight excluding hydrogens is 262 g/mol. The topological polar surface area (TPSA) is 46.2 Å². The maximum atomic E-state index is 12.1. The first-order valence-electron chi connectivity index (χ1n) is 7.70. The van der Waals surface area contributed by atoms with Gasteiger partial charge in [-0.3, -0.25) is 9.59 Å². The zero-order valence-corrected chi connectivity index (χ0v) is 13.8. The Balaban J connectivity index is 2.59. The summed E-state index contributed by atoms with van der Waals surface area (Å²) >= 11 is 0. The molecule has 0 fully saturated rings. The molecule has 0 aliphatic heterocycles.